The van der Waals surface area contributed by atoms with E-state index in [1.54, 1.807) is 6.20 Å². The molecule has 1 aliphatic heterocycles. The predicted molar refractivity (Wildman–Crippen MR) is 69.5 cm³/mol. The number of amides is 2. The molecule has 0 radical (unpaired) electrons. The third-order valence-electron chi connectivity index (χ3n) is 3.49. The summed E-state index contributed by atoms with van der Waals surface area (Å²) in [6.45, 7) is 2.21. The fraction of sp³-hybridized carbons (Fsp3) is 0.538. The molecule has 2 aliphatic rings. The zero-order chi connectivity index (χ0) is 12.5. The third-order valence-corrected chi connectivity index (χ3v) is 3.49. The van der Waals surface area contributed by atoms with Crippen LogP contribution >= 0.6 is 0 Å². The van der Waals surface area contributed by atoms with Crippen molar-refractivity contribution in [1.82, 2.24) is 15.2 Å². The molecular formula is C13H18N4O. The van der Waals surface area contributed by atoms with Crippen LogP contribution < -0.4 is 10.2 Å². The number of nitrogens with one attached hydrogen (secondary N) is 1. The largest absolute Gasteiger partial charge is 0.358 e. The summed E-state index contributed by atoms with van der Waals surface area (Å²) in [6, 6.07) is 4.44. The van der Waals surface area contributed by atoms with Crippen LogP contribution in [0, 0.1) is 0 Å². The first kappa shape index (κ1) is 11.3. The van der Waals surface area contributed by atoms with Crippen LogP contribution in [0.2, 0.25) is 0 Å². The highest BCUT2D eigenvalue weighted by molar-refractivity contribution is 5.75. The van der Waals surface area contributed by atoms with Gasteiger partial charge in [-0.2, -0.15) is 0 Å². The number of anilines is 1. The first-order valence-corrected chi connectivity index (χ1v) is 6.44. The van der Waals surface area contributed by atoms with Crippen molar-refractivity contribution < 1.29 is 4.79 Å². The topological polar surface area (TPSA) is 48.5 Å². The highest BCUT2D eigenvalue weighted by Crippen LogP contribution is 2.22. The molecule has 0 spiro atoms. The number of carbonyl (C=O) groups is 1. The molecule has 1 aliphatic carbocycles. The van der Waals surface area contributed by atoms with Crippen molar-refractivity contribution in [2.24, 2.45) is 0 Å². The predicted octanol–water partition coefficient (Wildman–Crippen LogP) is 1.21. The maximum absolute atomic E-state index is 12.1. The van der Waals surface area contributed by atoms with E-state index < -0.39 is 0 Å². The lowest BCUT2D eigenvalue weighted by atomic mass is 10.2. The van der Waals surface area contributed by atoms with E-state index in [-0.39, 0.29) is 6.03 Å². The van der Waals surface area contributed by atoms with Crippen molar-refractivity contribution in [3.63, 3.8) is 0 Å². The van der Waals surface area contributed by atoms with Gasteiger partial charge in [-0.15, -0.1) is 0 Å². The Morgan fingerprint density at radius 3 is 3.06 bits per heavy atom. The summed E-state index contributed by atoms with van der Waals surface area (Å²) in [5.41, 5.74) is 1.11. The minimum absolute atomic E-state index is 0.0580. The summed E-state index contributed by atoms with van der Waals surface area (Å²) in [7, 11) is 2.02. The van der Waals surface area contributed by atoms with Crippen molar-refractivity contribution >= 4 is 11.8 Å². The Bertz CT molecular complexity index is 458. The van der Waals surface area contributed by atoms with E-state index in [1.165, 1.54) is 0 Å². The monoisotopic (exact) mass is 246 g/mol. The molecule has 5 heteroatoms. The van der Waals surface area contributed by atoms with Crippen LogP contribution in [-0.2, 0) is 6.54 Å². The van der Waals surface area contributed by atoms with Crippen LogP contribution in [0.25, 0.3) is 0 Å². The molecule has 0 unspecified atom stereocenters. The van der Waals surface area contributed by atoms with Crippen LogP contribution in [0.15, 0.2) is 18.3 Å². The van der Waals surface area contributed by atoms with Crippen LogP contribution in [-0.4, -0.2) is 42.1 Å². The molecule has 1 fully saturated rings. The second kappa shape index (κ2) is 4.48. The zero-order valence-electron chi connectivity index (χ0n) is 10.6. The lowest BCUT2D eigenvalue weighted by molar-refractivity contribution is 0.197. The van der Waals surface area contributed by atoms with Crippen LogP contribution in [0.3, 0.4) is 0 Å². The summed E-state index contributed by atoms with van der Waals surface area (Å²) < 4.78 is 0. The van der Waals surface area contributed by atoms with Gasteiger partial charge in [0, 0.05) is 37.9 Å². The molecular weight excluding hydrogens is 228 g/mol. The lowest BCUT2D eigenvalue weighted by Crippen LogP contribution is -2.42. The minimum atomic E-state index is 0.0580. The molecule has 0 aromatic carbocycles. The van der Waals surface area contributed by atoms with E-state index in [2.05, 4.69) is 15.2 Å². The zero-order valence-corrected chi connectivity index (χ0v) is 10.6. The van der Waals surface area contributed by atoms with Gasteiger partial charge < -0.3 is 15.1 Å². The lowest BCUT2D eigenvalue weighted by Gasteiger charge is -2.21. The molecule has 0 atom stereocenters. The van der Waals surface area contributed by atoms with Crippen molar-refractivity contribution in [3.8, 4) is 0 Å². The average molecular weight is 246 g/mol. The summed E-state index contributed by atoms with van der Waals surface area (Å²) in [4.78, 5) is 20.5. The highest BCUT2D eigenvalue weighted by Gasteiger charge is 2.27. The van der Waals surface area contributed by atoms with Crippen molar-refractivity contribution in [3.05, 3.63) is 23.9 Å². The molecule has 0 saturated heterocycles. The molecule has 1 N–H and O–H groups in total. The Morgan fingerprint density at radius 2 is 2.28 bits per heavy atom. The molecule has 2 heterocycles. The smallest absolute Gasteiger partial charge is 0.317 e. The molecule has 96 valence electrons. The van der Waals surface area contributed by atoms with E-state index in [1.807, 2.05) is 24.1 Å². The Hall–Kier alpha value is -1.78. The summed E-state index contributed by atoms with van der Waals surface area (Å²) in [5.74, 6) is 0.985. The van der Waals surface area contributed by atoms with Crippen molar-refractivity contribution in [1.29, 1.82) is 0 Å². The van der Waals surface area contributed by atoms with Gasteiger partial charge in [0.1, 0.15) is 5.82 Å². The van der Waals surface area contributed by atoms with E-state index in [0.29, 0.717) is 12.6 Å². The van der Waals surface area contributed by atoms with Gasteiger partial charge in [0.25, 0.3) is 0 Å². The van der Waals surface area contributed by atoms with Crippen LogP contribution in [0.5, 0.6) is 0 Å². The van der Waals surface area contributed by atoms with Gasteiger partial charge in [0.15, 0.2) is 0 Å². The first-order chi connectivity index (χ1) is 8.74. The number of fused-ring (bicyclic) bond motifs is 1. The highest BCUT2D eigenvalue weighted by atomic mass is 16.2. The van der Waals surface area contributed by atoms with Gasteiger partial charge >= 0.3 is 6.03 Å². The van der Waals surface area contributed by atoms with E-state index in [9.17, 15) is 4.79 Å². The third kappa shape index (κ3) is 2.25. The number of carbonyl (C=O) groups excluding carboxylic acids is 1. The minimum Gasteiger partial charge on any atom is -0.358 e. The van der Waals surface area contributed by atoms with Crippen molar-refractivity contribution in [2.75, 3.05) is 25.0 Å². The standard InChI is InChI=1S/C13H18N4O/c1-16-7-8-17(13(18)15-11-4-5-11)9-10-3-2-6-14-12(10)16/h2-3,6,11H,4-5,7-9H2,1H3,(H,15,18). The van der Waals surface area contributed by atoms with E-state index in [4.69, 9.17) is 0 Å². The van der Waals surface area contributed by atoms with Crippen LogP contribution in [0.1, 0.15) is 18.4 Å². The average Bonchev–Trinajstić information content (AvgIpc) is 3.18. The molecule has 0 bridgehead atoms. The Morgan fingerprint density at radius 1 is 1.44 bits per heavy atom. The fourth-order valence-electron chi connectivity index (χ4n) is 2.23. The second-order valence-electron chi connectivity index (χ2n) is 5.05. The van der Waals surface area contributed by atoms with Gasteiger partial charge in [-0.05, 0) is 18.9 Å². The summed E-state index contributed by atoms with van der Waals surface area (Å²) in [6.07, 6.45) is 4.05. The van der Waals surface area contributed by atoms with E-state index in [0.717, 1.165) is 37.3 Å². The van der Waals surface area contributed by atoms with Gasteiger partial charge in [-0.25, -0.2) is 9.78 Å². The number of hydrogen-bond donors (Lipinski definition) is 1. The first-order valence-electron chi connectivity index (χ1n) is 6.44. The number of hydrogen-bond acceptors (Lipinski definition) is 3. The summed E-state index contributed by atoms with van der Waals surface area (Å²) in [5, 5.41) is 3.05. The molecule has 18 heavy (non-hydrogen) atoms. The Kier molecular flexibility index (Phi) is 2.81. The quantitative estimate of drug-likeness (QED) is 0.810. The van der Waals surface area contributed by atoms with Crippen molar-refractivity contribution in [2.45, 2.75) is 25.4 Å². The normalized spacial score (nSPS) is 19.2. The number of likely N-dealkylation sites (N-methyl/N-ethyl adjacent to an activating group) is 1. The molecule has 1 aromatic heterocycles. The number of nitrogens with zero attached hydrogens (tertiary/aromatic N) is 3. The van der Waals surface area contributed by atoms with Gasteiger partial charge in [0.05, 0.1) is 6.54 Å². The van der Waals surface area contributed by atoms with Gasteiger partial charge in [-0.3, -0.25) is 0 Å². The molecule has 1 aromatic rings. The SMILES string of the molecule is CN1CCN(C(=O)NC2CC2)Cc2cccnc21. The van der Waals surface area contributed by atoms with Gasteiger partial charge in [0.2, 0.25) is 0 Å². The number of aromatic nitrogens is 1. The number of urea groups is 1. The summed E-state index contributed by atoms with van der Waals surface area (Å²) >= 11 is 0. The number of pyridine rings is 1. The molecule has 2 amide bonds. The maximum Gasteiger partial charge on any atom is 0.317 e. The van der Waals surface area contributed by atoms with E-state index >= 15 is 0 Å². The molecule has 1 saturated carbocycles. The van der Waals surface area contributed by atoms with Crippen LogP contribution in [0.4, 0.5) is 10.6 Å². The van der Waals surface area contributed by atoms with Gasteiger partial charge in [-0.1, -0.05) is 6.07 Å². The second-order valence-corrected chi connectivity index (χ2v) is 5.05. The fourth-order valence-corrected chi connectivity index (χ4v) is 2.23. The Balaban J connectivity index is 1.77. The molecule has 5 nitrogen and oxygen atoms in total. The maximum atomic E-state index is 12.1. The number of rotatable bonds is 1. The molecule has 3 rings (SSSR count). The Labute approximate surface area is 107 Å².